The van der Waals surface area contributed by atoms with E-state index in [9.17, 15) is 14.9 Å². The molecule has 8 heteroatoms. The Balaban J connectivity index is 2.33. The van der Waals surface area contributed by atoms with Crippen molar-refractivity contribution in [2.45, 2.75) is 58.9 Å². The van der Waals surface area contributed by atoms with Crippen LogP contribution in [0.2, 0.25) is 0 Å². The number of nitro groups is 1. The van der Waals surface area contributed by atoms with Crippen LogP contribution in [0.25, 0.3) is 0 Å². The topological polar surface area (TPSA) is 94.8 Å². The van der Waals surface area contributed by atoms with Crippen molar-refractivity contribution in [2.24, 2.45) is 5.92 Å². The largest absolute Gasteiger partial charge is 0.466 e. The SMILES string of the molecule is CCOC(=O)C[C@@H](C)c1cnc(N(CC(C)C)C2CCOCC2)c([N+](=O)[O-])c1. The molecule has 2 heterocycles. The van der Waals surface area contributed by atoms with Gasteiger partial charge in [-0.1, -0.05) is 20.8 Å². The van der Waals surface area contributed by atoms with Crippen LogP contribution in [0.4, 0.5) is 11.5 Å². The van der Waals surface area contributed by atoms with Crippen molar-refractivity contribution in [3.63, 3.8) is 0 Å². The first kappa shape index (κ1) is 22.1. The second-order valence-corrected chi connectivity index (χ2v) is 7.67. The predicted molar refractivity (Wildman–Crippen MR) is 107 cm³/mol. The van der Waals surface area contributed by atoms with Gasteiger partial charge in [0, 0.05) is 38.1 Å². The van der Waals surface area contributed by atoms with Gasteiger partial charge in [0.25, 0.3) is 0 Å². The van der Waals surface area contributed by atoms with E-state index in [1.54, 1.807) is 19.2 Å². The summed E-state index contributed by atoms with van der Waals surface area (Å²) in [4.78, 5) is 29.7. The van der Waals surface area contributed by atoms with Crippen molar-refractivity contribution in [1.82, 2.24) is 4.98 Å². The van der Waals surface area contributed by atoms with E-state index in [-0.39, 0.29) is 35.0 Å². The summed E-state index contributed by atoms with van der Waals surface area (Å²) in [6.07, 6.45) is 3.47. The van der Waals surface area contributed by atoms with E-state index in [0.717, 1.165) is 12.8 Å². The Labute approximate surface area is 166 Å². The maximum absolute atomic E-state index is 11.8. The van der Waals surface area contributed by atoms with Crippen molar-refractivity contribution in [2.75, 3.05) is 31.3 Å². The molecule has 156 valence electrons. The van der Waals surface area contributed by atoms with Crippen LogP contribution < -0.4 is 4.90 Å². The van der Waals surface area contributed by atoms with Crippen molar-refractivity contribution >= 4 is 17.5 Å². The van der Waals surface area contributed by atoms with Crippen LogP contribution in [0.15, 0.2) is 12.3 Å². The van der Waals surface area contributed by atoms with Gasteiger partial charge in [0.05, 0.1) is 18.0 Å². The van der Waals surface area contributed by atoms with E-state index < -0.39 is 0 Å². The molecule has 1 saturated heterocycles. The molecule has 0 unspecified atom stereocenters. The second-order valence-electron chi connectivity index (χ2n) is 7.67. The van der Waals surface area contributed by atoms with Crippen molar-refractivity contribution < 1.29 is 19.2 Å². The van der Waals surface area contributed by atoms with Gasteiger partial charge in [0.1, 0.15) is 0 Å². The zero-order chi connectivity index (χ0) is 20.7. The summed E-state index contributed by atoms with van der Waals surface area (Å²) in [7, 11) is 0. The number of rotatable bonds is 9. The minimum absolute atomic E-state index is 0.0136. The zero-order valence-electron chi connectivity index (χ0n) is 17.2. The van der Waals surface area contributed by atoms with E-state index in [1.165, 1.54) is 0 Å². The Morgan fingerprint density at radius 1 is 1.39 bits per heavy atom. The summed E-state index contributed by atoms with van der Waals surface area (Å²) in [5, 5.41) is 11.8. The first-order chi connectivity index (χ1) is 13.3. The molecule has 0 aliphatic carbocycles. The highest BCUT2D eigenvalue weighted by molar-refractivity contribution is 5.70. The lowest BCUT2D eigenvalue weighted by molar-refractivity contribution is -0.384. The lowest BCUT2D eigenvalue weighted by atomic mass is 9.98. The van der Waals surface area contributed by atoms with Crippen LogP contribution in [-0.4, -0.2) is 48.3 Å². The molecule has 0 aromatic carbocycles. The van der Waals surface area contributed by atoms with Crippen LogP contribution in [0.1, 0.15) is 58.4 Å². The first-order valence-electron chi connectivity index (χ1n) is 9.97. The molecular weight excluding hydrogens is 362 g/mol. The Morgan fingerprint density at radius 2 is 2.07 bits per heavy atom. The Hall–Kier alpha value is -2.22. The molecule has 28 heavy (non-hydrogen) atoms. The van der Waals surface area contributed by atoms with Gasteiger partial charge in [-0.3, -0.25) is 14.9 Å². The van der Waals surface area contributed by atoms with Gasteiger partial charge in [-0.15, -0.1) is 0 Å². The number of ether oxygens (including phenoxy) is 2. The average Bonchev–Trinajstić information content (AvgIpc) is 2.66. The number of nitrogens with zero attached hydrogens (tertiary/aromatic N) is 3. The minimum atomic E-state index is -0.379. The first-order valence-corrected chi connectivity index (χ1v) is 9.97. The molecular formula is C20H31N3O5. The number of hydrogen-bond donors (Lipinski definition) is 0. The maximum atomic E-state index is 11.8. The molecule has 0 radical (unpaired) electrons. The molecule has 0 N–H and O–H groups in total. The predicted octanol–water partition coefficient (Wildman–Crippen LogP) is 3.69. The molecule has 1 fully saturated rings. The Bertz CT molecular complexity index is 674. The molecule has 1 aromatic rings. The molecule has 0 saturated carbocycles. The number of pyridine rings is 1. The highest BCUT2D eigenvalue weighted by Gasteiger charge is 2.30. The molecule has 1 aliphatic heterocycles. The van der Waals surface area contributed by atoms with Crippen LogP contribution >= 0.6 is 0 Å². The lowest BCUT2D eigenvalue weighted by Crippen LogP contribution is -2.42. The van der Waals surface area contributed by atoms with Gasteiger partial charge in [-0.2, -0.15) is 0 Å². The number of aromatic nitrogens is 1. The molecule has 2 rings (SSSR count). The van der Waals surface area contributed by atoms with Crippen molar-refractivity contribution in [1.29, 1.82) is 0 Å². The third-order valence-corrected chi connectivity index (χ3v) is 4.88. The number of carbonyl (C=O) groups is 1. The normalized spacial score (nSPS) is 16.0. The fourth-order valence-electron chi connectivity index (χ4n) is 3.47. The summed E-state index contributed by atoms with van der Waals surface area (Å²) < 4.78 is 10.4. The van der Waals surface area contributed by atoms with E-state index in [2.05, 4.69) is 23.7 Å². The van der Waals surface area contributed by atoms with Crippen LogP contribution in [-0.2, 0) is 14.3 Å². The van der Waals surface area contributed by atoms with Crippen molar-refractivity contribution in [3.05, 3.63) is 27.9 Å². The number of esters is 1. The van der Waals surface area contributed by atoms with Gasteiger partial charge in [0.2, 0.25) is 5.82 Å². The monoisotopic (exact) mass is 393 g/mol. The van der Waals surface area contributed by atoms with Crippen LogP contribution in [0.5, 0.6) is 0 Å². The third kappa shape index (κ3) is 5.89. The number of carbonyl (C=O) groups excluding carboxylic acids is 1. The van der Waals surface area contributed by atoms with E-state index >= 15 is 0 Å². The molecule has 1 atom stereocenters. The highest BCUT2D eigenvalue weighted by atomic mass is 16.6. The molecule has 8 nitrogen and oxygen atoms in total. The molecule has 0 spiro atoms. The van der Waals surface area contributed by atoms with Crippen molar-refractivity contribution in [3.8, 4) is 0 Å². The lowest BCUT2D eigenvalue weighted by Gasteiger charge is -2.36. The molecule has 1 aliphatic rings. The Kier molecular flexibility index (Phi) is 8.17. The number of anilines is 1. The average molecular weight is 393 g/mol. The smallest absolute Gasteiger partial charge is 0.311 e. The van der Waals surface area contributed by atoms with Crippen LogP contribution in [0, 0.1) is 16.0 Å². The van der Waals surface area contributed by atoms with Gasteiger partial charge in [0.15, 0.2) is 0 Å². The standard InChI is InChI=1S/C20H31N3O5/c1-5-28-19(24)10-15(4)16-11-18(23(25)26)20(21-12-16)22(13-14(2)3)17-6-8-27-9-7-17/h11-12,14-15,17H,5-10,13H2,1-4H3/t15-/m1/s1. The molecule has 1 aromatic heterocycles. The van der Waals surface area contributed by atoms with Gasteiger partial charge >= 0.3 is 11.7 Å². The van der Waals surface area contributed by atoms with E-state index in [4.69, 9.17) is 9.47 Å². The fraction of sp³-hybridized carbons (Fsp3) is 0.700. The summed E-state index contributed by atoms with van der Waals surface area (Å²) >= 11 is 0. The summed E-state index contributed by atoms with van der Waals surface area (Å²) in [5.74, 6) is 0.218. The fourth-order valence-corrected chi connectivity index (χ4v) is 3.47. The molecule has 0 amide bonds. The summed E-state index contributed by atoms with van der Waals surface area (Å²) in [6.45, 7) is 10.1. The van der Waals surface area contributed by atoms with E-state index in [0.29, 0.717) is 43.7 Å². The van der Waals surface area contributed by atoms with Gasteiger partial charge in [-0.05, 0) is 37.2 Å². The van der Waals surface area contributed by atoms with Gasteiger partial charge < -0.3 is 14.4 Å². The van der Waals surface area contributed by atoms with Crippen LogP contribution in [0.3, 0.4) is 0 Å². The Morgan fingerprint density at radius 3 is 2.64 bits per heavy atom. The third-order valence-electron chi connectivity index (χ3n) is 4.88. The maximum Gasteiger partial charge on any atom is 0.311 e. The number of hydrogen-bond acceptors (Lipinski definition) is 7. The molecule has 0 bridgehead atoms. The van der Waals surface area contributed by atoms with Gasteiger partial charge in [-0.25, -0.2) is 4.98 Å². The highest BCUT2D eigenvalue weighted by Crippen LogP contribution is 2.33. The minimum Gasteiger partial charge on any atom is -0.466 e. The summed E-state index contributed by atoms with van der Waals surface area (Å²) in [5.41, 5.74) is 0.653. The zero-order valence-corrected chi connectivity index (χ0v) is 17.2. The van der Waals surface area contributed by atoms with E-state index in [1.807, 2.05) is 6.92 Å². The summed E-state index contributed by atoms with van der Waals surface area (Å²) in [6, 6.07) is 1.73. The second kappa shape index (κ2) is 10.4. The quantitative estimate of drug-likeness (QED) is 0.359.